The van der Waals surface area contributed by atoms with Gasteiger partial charge in [-0.3, -0.25) is 4.90 Å². The van der Waals surface area contributed by atoms with Gasteiger partial charge < -0.3 is 34.4 Å². The first-order chi connectivity index (χ1) is 18.0. The lowest BCUT2D eigenvalue weighted by molar-refractivity contribution is 0.196. The average Bonchev–Trinajstić information content (AvgIpc) is 3.30. The number of oxazole rings is 1. The summed E-state index contributed by atoms with van der Waals surface area (Å²) >= 11 is 0. The lowest BCUT2D eigenvalue weighted by Crippen LogP contribution is -2.38. The minimum atomic E-state index is -0.672. The predicted molar refractivity (Wildman–Crippen MR) is 136 cm³/mol. The molecule has 0 saturated carbocycles. The Labute approximate surface area is 214 Å². The molecule has 0 bridgehead atoms. The molecule has 1 aromatic heterocycles. The smallest absolute Gasteiger partial charge is 0.412 e. The van der Waals surface area contributed by atoms with Crippen molar-refractivity contribution in [3.63, 3.8) is 0 Å². The first-order valence-corrected chi connectivity index (χ1v) is 12.5. The molecule has 11 heteroatoms. The van der Waals surface area contributed by atoms with Crippen LogP contribution in [0.3, 0.4) is 0 Å². The number of para-hydroxylation sites is 1. The number of anilines is 1. The van der Waals surface area contributed by atoms with Crippen LogP contribution in [-0.4, -0.2) is 66.6 Å². The van der Waals surface area contributed by atoms with Crippen molar-refractivity contribution in [1.82, 2.24) is 15.2 Å². The summed E-state index contributed by atoms with van der Waals surface area (Å²) in [5.41, 5.74) is 1.88. The number of carbonyl (C=O) groups excluding carboxylic acids is 1. The van der Waals surface area contributed by atoms with Crippen LogP contribution in [0, 0.1) is 5.82 Å². The second-order valence-corrected chi connectivity index (χ2v) is 8.63. The number of hydrogen-bond donors (Lipinski definition) is 3. The zero-order chi connectivity index (χ0) is 26.2. The summed E-state index contributed by atoms with van der Waals surface area (Å²) in [6.07, 6.45) is 1.06. The normalized spacial score (nSPS) is 14.5. The minimum absolute atomic E-state index is 0.0989. The van der Waals surface area contributed by atoms with Crippen molar-refractivity contribution < 1.29 is 32.9 Å². The molecule has 37 heavy (non-hydrogen) atoms. The summed E-state index contributed by atoms with van der Waals surface area (Å²) in [7, 11) is 0. The Kier molecular flexibility index (Phi) is 9.02. The van der Waals surface area contributed by atoms with E-state index in [1.54, 1.807) is 30.3 Å². The number of aliphatic hydroxyl groups is 1. The number of hydrogen-bond acceptors (Lipinski definition) is 9. The molecule has 1 fully saturated rings. The highest BCUT2D eigenvalue weighted by atomic mass is 19.1. The molecule has 1 saturated heterocycles. The number of nitrogens with zero attached hydrogens (tertiary/aromatic N) is 2. The summed E-state index contributed by atoms with van der Waals surface area (Å²) in [5, 5.41) is 14.6. The van der Waals surface area contributed by atoms with E-state index in [0.29, 0.717) is 36.9 Å². The second kappa shape index (κ2) is 12.6. The highest BCUT2D eigenvalue weighted by Gasteiger charge is 2.23. The summed E-state index contributed by atoms with van der Waals surface area (Å²) in [4.78, 5) is 18.6. The topological polar surface area (TPSA) is 118 Å². The SMILES string of the molecule is CCOc1cc(CN2CCC(Nc3nc4c(OC(=O)NCCO)cccc4o3)CC2)cc(OCC)c1F. The molecular weight excluding hydrogens is 483 g/mol. The molecular formula is C26H33FN4O6. The molecule has 1 amide bonds. The first-order valence-electron chi connectivity index (χ1n) is 12.5. The standard InChI is InChI=1S/C26H33FN4O6/c1-3-34-21-14-17(15-22(23(21)27)35-4-2)16-31-11-8-18(9-12-31)29-25-30-24-19(36-25)6-5-7-20(24)37-26(33)28-10-13-32/h5-7,14-15,18,32H,3-4,8-13,16H2,1-2H3,(H,28,33)(H,29,30). The molecule has 4 rings (SSSR count). The third-order valence-corrected chi connectivity index (χ3v) is 5.95. The molecule has 10 nitrogen and oxygen atoms in total. The van der Waals surface area contributed by atoms with Gasteiger partial charge in [-0.05, 0) is 56.5 Å². The number of piperidine rings is 1. The van der Waals surface area contributed by atoms with Gasteiger partial charge in [-0.2, -0.15) is 9.37 Å². The molecule has 1 aliphatic heterocycles. The number of halogens is 1. The molecule has 0 radical (unpaired) electrons. The third kappa shape index (κ3) is 6.80. The fourth-order valence-corrected chi connectivity index (χ4v) is 4.27. The van der Waals surface area contributed by atoms with Crippen molar-refractivity contribution in [3.8, 4) is 17.2 Å². The van der Waals surface area contributed by atoms with Crippen LogP contribution in [0.1, 0.15) is 32.3 Å². The van der Waals surface area contributed by atoms with Gasteiger partial charge in [-0.1, -0.05) is 6.07 Å². The van der Waals surface area contributed by atoms with Gasteiger partial charge in [0.25, 0.3) is 6.01 Å². The largest absolute Gasteiger partial charge is 0.491 e. The molecule has 0 aliphatic carbocycles. The van der Waals surface area contributed by atoms with Crippen molar-refractivity contribution in [2.24, 2.45) is 0 Å². The molecule has 2 aromatic carbocycles. The monoisotopic (exact) mass is 516 g/mol. The number of fused-ring (bicyclic) bond motifs is 1. The van der Waals surface area contributed by atoms with Gasteiger partial charge in [0, 0.05) is 32.2 Å². The maximum absolute atomic E-state index is 14.6. The van der Waals surface area contributed by atoms with E-state index >= 15 is 0 Å². The Balaban J connectivity index is 1.35. The zero-order valence-corrected chi connectivity index (χ0v) is 21.1. The van der Waals surface area contributed by atoms with E-state index in [0.717, 1.165) is 31.5 Å². The fraction of sp³-hybridized carbons (Fsp3) is 0.462. The fourth-order valence-electron chi connectivity index (χ4n) is 4.27. The summed E-state index contributed by atoms with van der Waals surface area (Å²) in [6, 6.07) is 9.11. The van der Waals surface area contributed by atoms with Crippen molar-refractivity contribution >= 4 is 23.2 Å². The van der Waals surface area contributed by atoms with E-state index < -0.39 is 11.9 Å². The average molecular weight is 517 g/mol. The molecule has 1 aliphatic rings. The lowest BCUT2D eigenvalue weighted by atomic mass is 10.0. The maximum atomic E-state index is 14.6. The van der Waals surface area contributed by atoms with Crippen LogP contribution in [-0.2, 0) is 6.54 Å². The van der Waals surface area contributed by atoms with Gasteiger partial charge in [0.2, 0.25) is 5.82 Å². The Bertz CT molecular complexity index is 1170. The molecule has 200 valence electrons. The Morgan fingerprint density at radius 3 is 2.51 bits per heavy atom. The van der Waals surface area contributed by atoms with E-state index in [1.165, 1.54) is 0 Å². The number of rotatable bonds is 11. The number of aliphatic hydroxyl groups excluding tert-OH is 1. The Morgan fingerprint density at radius 2 is 1.86 bits per heavy atom. The number of aromatic nitrogens is 1. The summed E-state index contributed by atoms with van der Waals surface area (Å²) in [6.45, 7) is 6.66. The van der Waals surface area contributed by atoms with E-state index in [-0.39, 0.29) is 36.4 Å². The second-order valence-electron chi connectivity index (χ2n) is 8.63. The number of ether oxygens (including phenoxy) is 3. The third-order valence-electron chi connectivity index (χ3n) is 5.95. The molecule has 3 aromatic rings. The van der Waals surface area contributed by atoms with Crippen LogP contribution < -0.4 is 24.8 Å². The van der Waals surface area contributed by atoms with Crippen LogP contribution in [0.25, 0.3) is 11.1 Å². The predicted octanol–water partition coefficient (Wildman–Crippen LogP) is 3.92. The van der Waals surface area contributed by atoms with E-state index in [2.05, 4.69) is 20.5 Å². The number of likely N-dealkylation sites (tertiary alicyclic amines) is 1. The van der Waals surface area contributed by atoms with Gasteiger partial charge in [-0.25, -0.2) is 4.79 Å². The van der Waals surface area contributed by atoms with Crippen LogP contribution in [0.15, 0.2) is 34.7 Å². The van der Waals surface area contributed by atoms with Gasteiger partial charge in [0.15, 0.2) is 28.3 Å². The van der Waals surface area contributed by atoms with E-state index in [4.69, 9.17) is 23.7 Å². The highest BCUT2D eigenvalue weighted by molar-refractivity contribution is 5.84. The molecule has 3 N–H and O–H groups in total. The molecule has 0 unspecified atom stereocenters. The molecule has 2 heterocycles. The minimum Gasteiger partial charge on any atom is -0.491 e. The van der Waals surface area contributed by atoms with Gasteiger partial charge >= 0.3 is 6.09 Å². The van der Waals surface area contributed by atoms with Crippen LogP contribution >= 0.6 is 0 Å². The van der Waals surface area contributed by atoms with E-state index in [9.17, 15) is 9.18 Å². The van der Waals surface area contributed by atoms with Gasteiger partial charge in [-0.15, -0.1) is 0 Å². The van der Waals surface area contributed by atoms with Crippen molar-refractivity contribution in [1.29, 1.82) is 0 Å². The van der Waals surface area contributed by atoms with Crippen LogP contribution in [0.5, 0.6) is 17.2 Å². The van der Waals surface area contributed by atoms with Gasteiger partial charge in [0.1, 0.15) is 0 Å². The van der Waals surface area contributed by atoms with E-state index in [1.807, 2.05) is 13.8 Å². The Morgan fingerprint density at radius 1 is 1.16 bits per heavy atom. The van der Waals surface area contributed by atoms with Crippen LogP contribution in [0.4, 0.5) is 15.2 Å². The molecule has 0 spiro atoms. The Hall–Kier alpha value is -3.57. The summed E-state index contributed by atoms with van der Waals surface area (Å²) in [5.74, 6) is 0.236. The van der Waals surface area contributed by atoms with Crippen molar-refractivity contribution in [3.05, 3.63) is 41.7 Å². The summed E-state index contributed by atoms with van der Waals surface area (Å²) < 4.78 is 36.6. The van der Waals surface area contributed by atoms with Gasteiger partial charge in [0.05, 0.1) is 19.8 Å². The maximum Gasteiger partial charge on any atom is 0.412 e. The first kappa shape index (κ1) is 26.5. The van der Waals surface area contributed by atoms with Crippen molar-refractivity contribution in [2.45, 2.75) is 39.3 Å². The number of benzene rings is 2. The highest BCUT2D eigenvalue weighted by Crippen LogP contribution is 2.31. The number of nitrogens with one attached hydrogen (secondary N) is 2. The zero-order valence-electron chi connectivity index (χ0n) is 21.1. The number of amides is 1. The van der Waals surface area contributed by atoms with Crippen molar-refractivity contribution in [2.75, 3.05) is 44.8 Å². The number of carbonyl (C=O) groups is 1. The lowest BCUT2D eigenvalue weighted by Gasteiger charge is -2.32. The van der Waals surface area contributed by atoms with Crippen LogP contribution in [0.2, 0.25) is 0 Å². The molecule has 0 atom stereocenters. The quantitative estimate of drug-likeness (QED) is 0.348.